The Morgan fingerprint density at radius 1 is 0.775 bits per heavy atom. The van der Waals surface area contributed by atoms with Crippen molar-refractivity contribution in [3.05, 3.63) is 143 Å². The van der Waals surface area contributed by atoms with Gasteiger partial charge in [-0.2, -0.15) is 0 Å². The van der Waals surface area contributed by atoms with Crippen LogP contribution in [0.5, 0.6) is 5.75 Å². The zero-order valence-corrected chi connectivity index (χ0v) is 22.4. The Kier molecular flexibility index (Phi) is 9.40. The van der Waals surface area contributed by atoms with Crippen molar-refractivity contribution in [3.63, 3.8) is 0 Å². The molecule has 0 radical (unpaired) electrons. The van der Waals surface area contributed by atoms with Crippen LogP contribution in [0.2, 0.25) is 0 Å². The number of anilines is 1. The van der Waals surface area contributed by atoms with Gasteiger partial charge < -0.3 is 15.4 Å². The largest absolute Gasteiger partial charge is 0.494 e. The van der Waals surface area contributed by atoms with Gasteiger partial charge in [-0.05, 0) is 85.7 Å². The molecule has 0 aliphatic rings. The summed E-state index contributed by atoms with van der Waals surface area (Å²) in [5.74, 6) is -0.266. The molecule has 0 aliphatic carbocycles. The molecule has 0 bridgehead atoms. The average Bonchev–Trinajstić information content (AvgIpc) is 2.97. The molecule has 200 valence electrons. The molecule has 2 amide bonds. The van der Waals surface area contributed by atoms with Gasteiger partial charge in [0.1, 0.15) is 11.4 Å². The van der Waals surface area contributed by atoms with Crippen LogP contribution in [-0.4, -0.2) is 24.2 Å². The zero-order valence-electron chi connectivity index (χ0n) is 22.4. The Bertz CT molecular complexity index is 1540. The van der Waals surface area contributed by atoms with Crippen LogP contribution >= 0.6 is 0 Å². The van der Waals surface area contributed by atoms with Crippen LogP contribution < -0.4 is 15.4 Å². The Hall–Kier alpha value is -5.23. The third kappa shape index (κ3) is 7.88. The van der Waals surface area contributed by atoms with Crippen LogP contribution in [0.15, 0.2) is 115 Å². The number of benzene rings is 4. The lowest BCUT2D eigenvalue weighted by atomic mass is 10.1. The van der Waals surface area contributed by atoms with E-state index < -0.39 is 11.8 Å². The van der Waals surface area contributed by atoms with Crippen LogP contribution in [0.1, 0.15) is 44.3 Å². The Morgan fingerprint density at radius 3 is 2.17 bits per heavy atom. The van der Waals surface area contributed by atoms with Gasteiger partial charge in [0.05, 0.1) is 6.61 Å². The highest BCUT2D eigenvalue weighted by atomic mass is 16.5. The summed E-state index contributed by atoms with van der Waals surface area (Å²) in [6, 6.07) is 30.4. The number of hydrogen-bond donors (Lipinski definition) is 2. The minimum absolute atomic E-state index is 0.0953. The van der Waals surface area contributed by atoms with Crippen molar-refractivity contribution in [1.82, 2.24) is 5.32 Å². The molecule has 6 nitrogen and oxygen atoms in total. The van der Waals surface area contributed by atoms with Crippen molar-refractivity contribution in [2.24, 2.45) is 0 Å². The summed E-state index contributed by atoms with van der Waals surface area (Å²) in [6.07, 6.45) is 4.88. The highest BCUT2D eigenvalue weighted by Gasteiger charge is 2.15. The summed E-state index contributed by atoms with van der Waals surface area (Å²) in [4.78, 5) is 38.7. The monoisotopic (exact) mass is 530 g/mol. The number of allylic oxidation sites excluding steroid dienone is 1. The second-order valence-electron chi connectivity index (χ2n) is 9.02. The van der Waals surface area contributed by atoms with E-state index in [1.807, 2.05) is 68.4 Å². The number of carbonyl (C=O) groups excluding carboxylic acids is 3. The topological polar surface area (TPSA) is 84.5 Å². The van der Waals surface area contributed by atoms with Crippen LogP contribution in [-0.2, 0) is 4.79 Å². The van der Waals surface area contributed by atoms with Gasteiger partial charge in [0.25, 0.3) is 11.8 Å². The van der Waals surface area contributed by atoms with Crippen LogP contribution in [0.25, 0.3) is 12.2 Å². The first-order valence-corrected chi connectivity index (χ1v) is 12.9. The normalized spacial score (nSPS) is 11.2. The lowest BCUT2D eigenvalue weighted by molar-refractivity contribution is -0.113. The first-order chi connectivity index (χ1) is 19.4. The van der Waals surface area contributed by atoms with E-state index in [9.17, 15) is 14.4 Å². The van der Waals surface area contributed by atoms with Gasteiger partial charge in [-0.3, -0.25) is 14.4 Å². The van der Waals surface area contributed by atoms with Crippen molar-refractivity contribution >= 4 is 35.4 Å². The molecule has 0 atom stereocenters. The van der Waals surface area contributed by atoms with Crippen LogP contribution in [0, 0.1) is 6.92 Å². The van der Waals surface area contributed by atoms with Crippen molar-refractivity contribution in [1.29, 1.82) is 0 Å². The number of ether oxygens (including phenoxy) is 1. The predicted octanol–water partition coefficient (Wildman–Crippen LogP) is 6.70. The second kappa shape index (κ2) is 13.5. The summed E-state index contributed by atoms with van der Waals surface area (Å²) < 4.78 is 5.44. The molecule has 4 aromatic carbocycles. The number of carbonyl (C=O) groups is 3. The third-order valence-corrected chi connectivity index (χ3v) is 5.93. The van der Waals surface area contributed by atoms with Gasteiger partial charge in [0, 0.05) is 16.8 Å². The zero-order chi connectivity index (χ0) is 28.3. The Labute approximate surface area is 234 Å². The summed E-state index contributed by atoms with van der Waals surface area (Å²) in [6.45, 7) is 4.47. The molecule has 0 unspecified atom stereocenters. The van der Waals surface area contributed by atoms with Gasteiger partial charge in [-0.15, -0.1) is 0 Å². The third-order valence-electron chi connectivity index (χ3n) is 5.93. The summed E-state index contributed by atoms with van der Waals surface area (Å²) in [7, 11) is 0. The number of rotatable bonds is 10. The van der Waals surface area contributed by atoms with E-state index in [-0.39, 0.29) is 11.5 Å². The summed E-state index contributed by atoms with van der Waals surface area (Å²) in [5.41, 5.74) is 4.18. The fraction of sp³-hybridized carbons (Fsp3) is 0.0882. The van der Waals surface area contributed by atoms with Crippen molar-refractivity contribution in [3.8, 4) is 5.75 Å². The molecule has 0 aromatic heterocycles. The molecule has 0 spiro atoms. The highest BCUT2D eigenvalue weighted by molar-refractivity contribution is 6.11. The standard InChI is InChI=1S/C34H30N2O4/c1-3-40-30-19-12-25(13-20-30)14-21-32(37)27-15-17-29(18-16-27)35-34(39)31(23-26-9-7-8-24(2)22-26)36-33(38)28-10-5-4-6-11-28/h4-23H,3H2,1-2H3,(H,35,39)(H,36,38)/b21-14+,31-23-. The fourth-order valence-electron chi connectivity index (χ4n) is 3.90. The lowest BCUT2D eigenvalue weighted by Gasteiger charge is -2.12. The average molecular weight is 531 g/mol. The molecule has 0 heterocycles. The molecule has 0 aliphatic heterocycles. The highest BCUT2D eigenvalue weighted by Crippen LogP contribution is 2.16. The number of ketones is 1. The molecule has 0 fully saturated rings. The van der Waals surface area contributed by atoms with Crippen molar-refractivity contribution in [2.75, 3.05) is 11.9 Å². The maximum absolute atomic E-state index is 13.2. The van der Waals surface area contributed by atoms with Gasteiger partial charge >= 0.3 is 0 Å². The quantitative estimate of drug-likeness (QED) is 0.177. The molecule has 40 heavy (non-hydrogen) atoms. The Morgan fingerprint density at radius 2 is 1.50 bits per heavy atom. The molecule has 2 N–H and O–H groups in total. The first-order valence-electron chi connectivity index (χ1n) is 12.9. The maximum Gasteiger partial charge on any atom is 0.272 e. The molecule has 4 rings (SSSR count). The first kappa shape index (κ1) is 27.8. The van der Waals surface area contributed by atoms with E-state index in [1.165, 1.54) is 6.08 Å². The van der Waals surface area contributed by atoms with E-state index in [0.29, 0.717) is 23.4 Å². The van der Waals surface area contributed by atoms with E-state index >= 15 is 0 Å². The number of hydrogen-bond acceptors (Lipinski definition) is 4. The van der Waals surface area contributed by atoms with E-state index in [0.717, 1.165) is 22.4 Å². The number of aryl methyl sites for hydroxylation is 1. The molecule has 4 aromatic rings. The Balaban J connectivity index is 1.46. The SMILES string of the molecule is CCOc1ccc(/C=C/C(=O)c2ccc(NC(=O)/C(=C/c3cccc(C)c3)NC(=O)c3ccccc3)cc2)cc1. The van der Waals surface area contributed by atoms with E-state index in [4.69, 9.17) is 4.74 Å². The van der Waals surface area contributed by atoms with Gasteiger partial charge in [-0.25, -0.2) is 0 Å². The van der Waals surface area contributed by atoms with E-state index in [2.05, 4.69) is 10.6 Å². The summed E-state index contributed by atoms with van der Waals surface area (Å²) in [5, 5.41) is 5.54. The smallest absolute Gasteiger partial charge is 0.272 e. The molecular weight excluding hydrogens is 500 g/mol. The van der Waals surface area contributed by atoms with Gasteiger partial charge in [0.15, 0.2) is 5.78 Å². The minimum atomic E-state index is -0.486. The predicted molar refractivity (Wildman–Crippen MR) is 159 cm³/mol. The molecule has 0 saturated carbocycles. The van der Waals surface area contributed by atoms with Gasteiger partial charge in [0.2, 0.25) is 0 Å². The molecular formula is C34H30N2O4. The van der Waals surface area contributed by atoms with Crippen molar-refractivity contribution in [2.45, 2.75) is 13.8 Å². The maximum atomic E-state index is 13.2. The van der Waals surface area contributed by atoms with Crippen LogP contribution in [0.3, 0.4) is 0 Å². The van der Waals surface area contributed by atoms with Crippen LogP contribution in [0.4, 0.5) is 5.69 Å². The summed E-state index contributed by atoms with van der Waals surface area (Å²) >= 11 is 0. The van der Waals surface area contributed by atoms with Gasteiger partial charge in [-0.1, -0.05) is 66.2 Å². The minimum Gasteiger partial charge on any atom is -0.494 e. The van der Waals surface area contributed by atoms with E-state index in [1.54, 1.807) is 60.7 Å². The second-order valence-corrected chi connectivity index (χ2v) is 9.02. The number of amides is 2. The van der Waals surface area contributed by atoms with Crippen molar-refractivity contribution < 1.29 is 19.1 Å². The lowest BCUT2D eigenvalue weighted by Crippen LogP contribution is -2.30. The number of nitrogens with one attached hydrogen (secondary N) is 2. The molecule has 6 heteroatoms. The molecule has 0 saturated heterocycles. The fourth-order valence-corrected chi connectivity index (χ4v) is 3.90.